The molecule has 2 nitrogen and oxygen atoms in total. The lowest BCUT2D eigenvalue weighted by molar-refractivity contribution is 1.05. The number of benzene rings is 1. The first-order valence-electron chi connectivity index (χ1n) is 4.44. The lowest BCUT2D eigenvalue weighted by Gasteiger charge is -2.20. The molecule has 2 rings (SSSR count). The van der Waals surface area contributed by atoms with Gasteiger partial charge in [-0.3, -0.25) is 0 Å². The molecule has 1 aromatic rings. The van der Waals surface area contributed by atoms with Crippen molar-refractivity contribution in [1.29, 1.82) is 5.26 Å². The monoisotopic (exact) mass is 296 g/mol. The number of hydrogen-bond donors (Lipinski definition) is 1. The van der Waals surface area contributed by atoms with Gasteiger partial charge in [0.25, 0.3) is 0 Å². The third-order valence-electron chi connectivity index (χ3n) is 2.28. The average molecular weight is 296 g/mol. The van der Waals surface area contributed by atoms with Crippen LogP contribution in [0.4, 0.5) is 5.69 Å². The topological polar surface area (TPSA) is 35.8 Å². The number of nitrogens with one attached hydrogen (secondary N) is 1. The number of allylic oxidation sites excluding steroid dienone is 1. The molecule has 0 aliphatic carbocycles. The van der Waals surface area contributed by atoms with Crippen LogP contribution in [0.1, 0.15) is 12.0 Å². The van der Waals surface area contributed by atoms with E-state index in [1.165, 1.54) is 9.13 Å². The van der Waals surface area contributed by atoms with Crippen LogP contribution in [-0.2, 0) is 0 Å². The predicted molar refractivity (Wildman–Crippen MR) is 65.9 cm³/mol. The van der Waals surface area contributed by atoms with Crippen molar-refractivity contribution < 1.29 is 0 Å². The predicted octanol–water partition coefficient (Wildman–Crippen LogP) is 3.01. The van der Waals surface area contributed by atoms with E-state index < -0.39 is 0 Å². The number of fused-ring (bicyclic) bond motifs is 1. The minimum absolute atomic E-state index is 0.918. The summed E-state index contributed by atoms with van der Waals surface area (Å²) in [6.07, 6.45) is 2.58. The van der Waals surface area contributed by atoms with Crippen molar-refractivity contribution >= 4 is 33.9 Å². The maximum Gasteiger partial charge on any atom is 0.0915 e. The molecule has 0 bridgehead atoms. The van der Waals surface area contributed by atoms with E-state index in [4.69, 9.17) is 5.26 Å². The molecular formula is C11H9IN2. The Kier molecular flexibility index (Phi) is 2.73. The maximum absolute atomic E-state index is 8.66. The Labute approximate surface area is 96.8 Å². The fraction of sp³-hybridized carbons (Fsp3) is 0.182. The van der Waals surface area contributed by atoms with Gasteiger partial charge < -0.3 is 5.32 Å². The van der Waals surface area contributed by atoms with Crippen molar-refractivity contribution in [1.82, 2.24) is 0 Å². The van der Waals surface area contributed by atoms with Gasteiger partial charge in [0.2, 0.25) is 0 Å². The molecule has 1 heterocycles. The van der Waals surface area contributed by atoms with Crippen molar-refractivity contribution in [3.63, 3.8) is 0 Å². The first-order chi connectivity index (χ1) is 6.81. The van der Waals surface area contributed by atoms with E-state index in [0.29, 0.717) is 0 Å². The van der Waals surface area contributed by atoms with Gasteiger partial charge in [0.1, 0.15) is 0 Å². The van der Waals surface area contributed by atoms with Crippen molar-refractivity contribution in [2.45, 2.75) is 6.42 Å². The highest BCUT2D eigenvalue weighted by atomic mass is 127. The zero-order valence-corrected chi connectivity index (χ0v) is 9.71. The number of anilines is 1. The van der Waals surface area contributed by atoms with Crippen molar-refractivity contribution in [3.05, 3.63) is 33.4 Å². The lowest BCUT2D eigenvalue weighted by Crippen LogP contribution is -2.10. The van der Waals surface area contributed by atoms with Crippen molar-refractivity contribution in [3.8, 4) is 6.07 Å². The molecule has 1 aliphatic rings. The summed E-state index contributed by atoms with van der Waals surface area (Å²) in [5.74, 6) is 0. The summed E-state index contributed by atoms with van der Waals surface area (Å²) >= 11 is 2.29. The number of hydrogen-bond acceptors (Lipinski definition) is 2. The Morgan fingerprint density at radius 1 is 1.50 bits per heavy atom. The van der Waals surface area contributed by atoms with Crippen LogP contribution >= 0.6 is 22.6 Å². The number of halogens is 1. The molecular weight excluding hydrogens is 287 g/mol. The van der Waals surface area contributed by atoms with Crippen LogP contribution in [0.2, 0.25) is 0 Å². The molecule has 1 aromatic carbocycles. The summed E-state index contributed by atoms with van der Waals surface area (Å²) in [5, 5.41) is 12.0. The lowest BCUT2D eigenvalue weighted by atomic mass is 9.97. The molecule has 0 aromatic heterocycles. The van der Waals surface area contributed by atoms with Gasteiger partial charge in [-0.05, 0) is 52.8 Å². The third kappa shape index (κ3) is 1.75. The van der Waals surface area contributed by atoms with Crippen molar-refractivity contribution in [2.75, 3.05) is 11.9 Å². The summed E-state index contributed by atoms with van der Waals surface area (Å²) < 4.78 is 1.20. The van der Waals surface area contributed by atoms with Crippen LogP contribution in [0.3, 0.4) is 0 Å². The Bertz CT molecular complexity index is 429. The average Bonchev–Trinajstić information content (AvgIpc) is 2.19. The SMILES string of the molecule is N#C/C=C1/CCNc2ccc(I)cc21. The summed E-state index contributed by atoms with van der Waals surface area (Å²) in [5.41, 5.74) is 3.45. The summed E-state index contributed by atoms with van der Waals surface area (Å²) in [7, 11) is 0. The van der Waals surface area contributed by atoms with E-state index in [-0.39, 0.29) is 0 Å². The summed E-state index contributed by atoms with van der Waals surface area (Å²) in [4.78, 5) is 0. The molecule has 0 radical (unpaired) electrons. The van der Waals surface area contributed by atoms with E-state index in [9.17, 15) is 0 Å². The Balaban J connectivity index is 2.53. The third-order valence-corrected chi connectivity index (χ3v) is 2.95. The van der Waals surface area contributed by atoms with E-state index in [1.54, 1.807) is 6.08 Å². The fourth-order valence-corrected chi connectivity index (χ4v) is 2.12. The Morgan fingerprint density at radius 3 is 3.14 bits per heavy atom. The number of nitrogens with zero attached hydrogens (tertiary/aromatic N) is 1. The quantitative estimate of drug-likeness (QED) is 0.590. The molecule has 0 amide bonds. The minimum atomic E-state index is 0.918. The molecule has 0 spiro atoms. The highest BCUT2D eigenvalue weighted by molar-refractivity contribution is 14.1. The van der Waals surface area contributed by atoms with Crippen LogP contribution < -0.4 is 5.32 Å². The van der Waals surface area contributed by atoms with Gasteiger partial charge >= 0.3 is 0 Å². The molecule has 0 fully saturated rings. The first kappa shape index (κ1) is 9.53. The molecule has 0 saturated heterocycles. The van der Waals surface area contributed by atoms with Gasteiger partial charge in [0.15, 0.2) is 0 Å². The van der Waals surface area contributed by atoms with Gasteiger partial charge in [0.05, 0.1) is 6.07 Å². The molecule has 14 heavy (non-hydrogen) atoms. The second-order valence-corrected chi connectivity index (χ2v) is 4.41. The summed E-state index contributed by atoms with van der Waals surface area (Å²) in [6, 6.07) is 8.36. The standard InChI is InChI=1S/C11H9IN2/c12-9-1-2-11-10(7-9)8(3-5-13)4-6-14-11/h1-3,7,14H,4,6H2/b8-3-. The van der Waals surface area contributed by atoms with Crippen LogP contribution in [0.5, 0.6) is 0 Å². The highest BCUT2D eigenvalue weighted by Crippen LogP contribution is 2.31. The van der Waals surface area contributed by atoms with Crippen LogP contribution in [0, 0.1) is 14.9 Å². The van der Waals surface area contributed by atoms with Gasteiger partial charge in [-0.15, -0.1) is 0 Å². The van der Waals surface area contributed by atoms with Crippen LogP contribution in [-0.4, -0.2) is 6.54 Å². The first-order valence-corrected chi connectivity index (χ1v) is 5.51. The van der Waals surface area contributed by atoms with Gasteiger partial charge in [-0.2, -0.15) is 5.26 Å². The van der Waals surface area contributed by atoms with E-state index >= 15 is 0 Å². The molecule has 0 unspecified atom stereocenters. The molecule has 0 atom stereocenters. The normalized spacial score (nSPS) is 17.0. The Hall–Kier alpha value is -1.02. The maximum atomic E-state index is 8.66. The Morgan fingerprint density at radius 2 is 2.36 bits per heavy atom. The van der Waals surface area contributed by atoms with Gasteiger partial charge in [-0.1, -0.05) is 0 Å². The largest absolute Gasteiger partial charge is 0.384 e. The molecule has 70 valence electrons. The number of nitriles is 1. The molecule has 1 aliphatic heterocycles. The fourth-order valence-electron chi connectivity index (χ4n) is 1.63. The zero-order chi connectivity index (χ0) is 9.97. The minimum Gasteiger partial charge on any atom is -0.384 e. The van der Waals surface area contributed by atoms with Gasteiger partial charge in [-0.25, -0.2) is 0 Å². The number of rotatable bonds is 0. The van der Waals surface area contributed by atoms with Crippen LogP contribution in [0.15, 0.2) is 24.3 Å². The molecule has 1 N–H and O–H groups in total. The molecule has 0 saturated carbocycles. The van der Waals surface area contributed by atoms with E-state index in [1.807, 2.05) is 0 Å². The zero-order valence-electron chi connectivity index (χ0n) is 7.55. The second-order valence-electron chi connectivity index (χ2n) is 3.17. The van der Waals surface area contributed by atoms with E-state index in [2.05, 4.69) is 52.2 Å². The highest BCUT2D eigenvalue weighted by Gasteiger charge is 2.13. The van der Waals surface area contributed by atoms with Crippen LogP contribution in [0.25, 0.3) is 5.57 Å². The summed E-state index contributed by atoms with van der Waals surface area (Å²) in [6.45, 7) is 0.918. The smallest absolute Gasteiger partial charge is 0.0915 e. The van der Waals surface area contributed by atoms with Gasteiger partial charge in [0, 0.05) is 27.4 Å². The van der Waals surface area contributed by atoms with E-state index in [0.717, 1.165) is 24.2 Å². The molecule has 3 heteroatoms. The van der Waals surface area contributed by atoms with Crippen molar-refractivity contribution in [2.24, 2.45) is 0 Å². The second kappa shape index (κ2) is 4.01.